The molecule has 0 aliphatic carbocycles. The summed E-state index contributed by atoms with van der Waals surface area (Å²) in [6, 6.07) is 4.36. The van der Waals surface area contributed by atoms with E-state index < -0.39 is 11.9 Å². The van der Waals surface area contributed by atoms with E-state index in [0.29, 0.717) is 17.1 Å². The molecule has 2 aromatic carbocycles. The van der Waals surface area contributed by atoms with Crippen LogP contribution in [0.25, 0.3) is 0 Å². The molecule has 0 unspecified atom stereocenters. The van der Waals surface area contributed by atoms with Crippen molar-refractivity contribution in [3.63, 3.8) is 0 Å². The van der Waals surface area contributed by atoms with Crippen LogP contribution in [-0.2, 0) is 6.54 Å². The van der Waals surface area contributed by atoms with Crippen LogP contribution in [0.4, 0.5) is 5.95 Å². The van der Waals surface area contributed by atoms with Crippen molar-refractivity contribution in [3.05, 3.63) is 58.4 Å². The molecule has 3 aromatic rings. The normalized spacial score (nSPS) is 12.0. The average molecular weight is 437 g/mol. The summed E-state index contributed by atoms with van der Waals surface area (Å²) in [4.78, 5) is 33.1. The summed E-state index contributed by atoms with van der Waals surface area (Å²) in [6.07, 6.45) is 3.09. The van der Waals surface area contributed by atoms with Gasteiger partial charge in [-0.3, -0.25) is 0 Å². The van der Waals surface area contributed by atoms with E-state index in [1.54, 1.807) is 32.3 Å². The van der Waals surface area contributed by atoms with E-state index in [9.17, 15) is 19.8 Å². The van der Waals surface area contributed by atoms with Crippen molar-refractivity contribution in [2.45, 2.75) is 20.4 Å². The lowest BCUT2D eigenvalue weighted by Crippen LogP contribution is -2.12. The van der Waals surface area contributed by atoms with Crippen LogP contribution >= 0.6 is 0 Å². The number of nitrogens with one attached hydrogen (secondary N) is 1. The Bertz CT molecular complexity index is 1240. The number of fused-ring (bicyclic) bond motifs is 2. The lowest BCUT2D eigenvalue weighted by molar-refractivity contribution is 0.0685. The van der Waals surface area contributed by atoms with E-state index >= 15 is 0 Å². The van der Waals surface area contributed by atoms with Gasteiger partial charge in [0, 0.05) is 18.0 Å². The zero-order chi connectivity index (χ0) is 23.0. The van der Waals surface area contributed by atoms with Crippen LogP contribution in [0, 0.1) is 13.8 Å². The van der Waals surface area contributed by atoms with Gasteiger partial charge in [0.2, 0.25) is 5.95 Å². The van der Waals surface area contributed by atoms with Gasteiger partial charge < -0.3 is 29.7 Å². The van der Waals surface area contributed by atoms with Crippen LogP contribution in [0.1, 0.15) is 37.4 Å². The Kier molecular flexibility index (Phi) is 5.27. The number of aromatic nitrogens is 2. The van der Waals surface area contributed by atoms with Gasteiger partial charge in [0.25, 0.3) is 0 Å². The molecule has 0 spiro atoms. The first-order chi connectivity index (χ1) is 15.3. The number of carbonyl (C=O) groups excluding carboxylic acids is 1. The van der Waals surface area contributed by atoms with Gasteiger partial charge >= 0.3 is 11.9 Å². The highest BCUT2D eigenvalue weighted by molar-refractivity contribution is 6.00. The number of aromatic carboxylic acids is 1. The summed E-state index contributed by atoms with van der Waals surface area (Å²) in [7, 11) is 1.38. The second kappa shape index (κ2) is 8.06. The molecule has 10 heteroatoms. The number of hydrogen-bond acceptors (Lipinski definition) is 9. The van der Waals surface area contributed by atoms with Crippen LogP contribution in [0.5, 0.6) is 28.7 Å². The van der Waals surface area contributed by atoms with E-state index in [1.807, 2.05) is 0 Å². The molecular weight excluding hydrogens is 418 g/mol. The van der Waals surface area contributed by atoms with Crippen molar-refractivity contribution in [1.29, 1.82) is 0 Å². The fraction of sp³-hybridized carbons (Fsp3) is 0.182. The monoisotopic (exact) mass is 437 g/mol. The molecule has 1 aliphatic rings. The first-order valence-electron chi connectivity index (χ1n) is 9.53. The lowest BCUT2D eigenvalue weighted by Gasteiger charge is -2.17. The molecule has 1 aromatic heterocycles. The predicted octanol–water partition coefficient (Wildman–Crippen LogP) is 3.44. The fourth-order valence-corrected chi connectivity index (χ4v) is 3.46. The van der Waals surface area contributed by atoms with Gasteiger partial charge in [0.05, 0.1) is 19.2 Å². The van der Waals surface area contributed by atoms with E-state index in [4.69, 9.17) is 14.2 Å². The largest absolute Gasteiger partial charge is 0.507 e. The quantitative estimate of drug-likeness (QED) is 0.401. The van der Waals surface area contributed by atoms with Crippen LogP contribution < -0.4 is 19.5 Å². The zero-order valence-corrected chi connectivity index (χ0v) is 17.4. The number of rotatable bonds is 5. The summed E-state index contributed by atoms with van der Waals surface area (Å²) in [5, 5.41) is 23.3. The molecular formula is C22H19N3O7. The Labute approximate surface area is 182 Å². The minimum absolute atomic E-state index is 0.00137. The summed E-state index contributed by atoms with van der Waals surface area (Å²) >= 11 is 0. The second-order valence-corrected chi connectivity index (χ2v) is 7.03. The van der Waals surface area contributed by atoms with E-state index in [2.05, 4.69) is 15.3 Å². The minimum atomic E-state index is -1.30. The van der Waals surface area contributed by atoms with Gasteiger partial charge in [0.15, 0.2) is 17.2 Å². The van der Waals surface area contributed by atoms with Crippen LogP contribution in [0.3, 0.4) is 0 Å². The lowest BCUT2D eigenvalue weighted by atomic mass is 10.0. The number of aryl methyl sites for hydroxylation is 1. The molecule has 164 valence electrons. The number of aromatic hydroxyl groups is 1. The van der Waals surface area contributed by atoms with E-state index in [-0.39, 0.29) is 52.0 Å². The summed E-state index contributed by atoms with van der Waals surface area (Å²) in [5.41, 5.74) is 0.825. The maximum absolute atomic E-state index is 13.0. The number of carboxylic acid groups (broad SMARTS) is 1. The number of phenols is 1. The van der Waals surface area contributed by atoms with E-state index in [1.165, 1.54) is 19.2 Å². The number of anilines is 1. The number of methoxy groups -OCH3 is 1. The maximum atomic E-state index is 13.0. The molecule has 0 fully saturated rings. The van der Waals surface area contributed by atoms with Crippen molar-refractivity contribution in [2.75, 3.05) is 12.4 Å². The van der Waals surface area contributed by atoms with E-state index in [0.717, 1.165) is 0 Å². The Balaban J connectivity index is 1.90. The Hall–Kier alpha value is -4.34. The molecule has 0 amide bonds. The smallest absolute Gasteiger partial charge is 0.347 e. The first kappa shape index (κ1) is 20.9. The number of ether oxygens (including phenoxy) is 3. The van der Waals surface area contributed by atoms with Crippen molar-refractivity contribution < 1.29 is 34.0 Å². The molecule has 2 heterocycles. The summed E-state index contributed by atoms with van der Waals surface area (Å²) in [6.45, 7) is 3.23. The van der Waals surface area contributed by atoms with Crippen molar-refractivity contribution in [3.8, 4) is 28.7 Å². The third-order valence-electron chi connectivity index (χ3n) is 5.04. The fourth-order valence-electron chi connectivity index (χ4n) is 3.46. The summed E-state index contributed by atoms with van der Waals surface area (Å²) in [5.74, 6) is -1.91. The van der Waals surface area contributed by atoms with Gasteiger partial charge in [-0.15, -0.1) is 0 Å². The third-order valence-corrected chi connectivity index (χ3v) is 5.04. The molecule has 0 atom stereocenters. The number of phenolic OH excluding ortho intramolecular Hbond substituents is 1. The number of hydrogen-bond donors (Lipinski definition) is 3. The van der Waals surface area contributed by atoms with Gasteiger partial charge in [-0.25, -0.2) is 19.6 Å². The van der Waals surface area contributed by atoms with Crippen LogP contribution in [-0.4, -0.2) is 39.2 Å². The molecule has 3 N–H and O–H groups in total. The SMILES string of the molecule is COc1cc(C(=O)O)c2c(c1C)OC(=O)c1c(C)cc(O)c(CNc3ncccn3)c1O2. The van der Waals surface area contributed by atoms with Crippen molar-refractivity contribution >= 4 is 17.9 Å². The predicted molar refractivity (Wildman–Crippen MR) is 112 cm³/mol. The third kappa shape index (κ3) is 3.51. The highest BCUT2D eigenvalue weighted by Crippen LogP contribution is 2.48. The Morgan fingerprint density at radius 3 is 2.50 bits per heavy atom. The van der Waals surface area contributed by atoms with Crippen molar-refractivity contribution in [1.82, 2.24) is 9.97 Å². The molecule has 0 saturated heterocycles. The van der Waals surface area contributed by atoms with Crippen LogP contribution in [0.15, 0.2) is 30.6 Å². The summed E-state index contributed by atoms with van der Waals surface area (Å²) < 4.78 is 16.8. The topological polar surface area (TPSA) is 140 Å². The number of carbonyl (C=O) groups is 2. The van der Waals surface area contributed by atoms with Crippen LogP contribution in [0.2, 0.25) is 0 Å². The average Bonchev–Trinajstić information content (AvgIpc) is 2.91. The molecule has 4 rings (SSSR count). The number of esters is 1. The minimum Gasteiger partial charge on any atom is -0.507 e. The standard InChI is InChI=1S/C22H19N3O7/c1-10-7-14(26)13(9-25-22-23-5-4-6-24-22)18-16(10)21(29)32-17-11(2)15(30-3)8-12(20(27)28)19(17)31-18/h4-8,26H,9H2,1-3H3,(H,27,28)(H,23,24,25). The Morgan fingerprint density at radius 1 is 1.12 bits per heavy atom. The van der Waals surface area contributed by atoms with Gasteiger partial charge in [-0.2, -0.15) is 0 Å². The number of nitrogens with zero attached hydrogens (tertiary/aromatic N) is 2. The van der Waals surface area contributed by atoms with Gasteiger partial charge in [-0.1, -0.05) is 0 Å². The maximum Gasteiger partial charge on any atom is 0.347 e. The number of benzene rings is 2. The van der Waals surface area contributed by atoms with Gasteiger partial charge in [-0.05, 0) is 37.6 Å². The molecule has 1 aliphatic heterocycles. The zero-order valence-electron chi connectivity index (χ0n) is 17.4. The molecule has 0 bridgehead atoms. The molecule has 32 heavy (non-hydrogen) atoms. The molecule has 0 radical (unpaired) electrons. The second-order valence-electron chi connectivity index (χ2n) is 7.03. The van der Waals surface area contributed by atoms with Gasteiger partial charge in [0.1, 0.15) is 22.6 Å². The molecule has 10 nitrogen and oxygen atoms in total. The van der Waals surface area contributed by atoms with Crippen molar-refractivity contribution in [2.24, 2.45) is 0 Å². The Morgan fingerprint density at radius 2 is 1.84 bits per heavy atom. The highest BCUT2D eigenvalue weighted by atomic mass is 16.6. The molecule has 0 saturated carbocycles. The highest BCUT2D eigenvalue weighted by Gasteiger charge is 2.34. The number of carboxylic acids is 1. The first-order valence-corrected chi connectivity index (χ1v) is 9.53.